The van der Waals surface area contributed by atoms with E-state index in [4.69, 9.17) is 0 Å². The number of nitrogens with one attached hydrogen (secondary N) is 1. The Bertz CT molecular complexity index is 1320. The van der Waals surface area contributed by atoms with Crippen LogP contribution in [0.15, 0.2) is 66.7 Å². The summed E-state index contributed by atoms with van der Waals surface area (Å²) < 4.78 is 0. The van der Waals surface area contributed by atoms with Crippen molar-refractivity contribution in [2.24, 2.45) is 0 Å². The summed E-state index contributed by atoms with van der Waals surface area (Å²) in [6.07, 6.45) is 0. The normalized spacial score (nSPS) is 19.1. The van der Waals surface area contributed by atoms with E-state index in [0.29, 0.717) is 17.1 Å². The van der Waals surface area contributed by atoms with E-state index in [0.717, 1.165) is 22.3 Å². The molecule has 2 aliphatic rings. The Morgan fingerprint density at radius 2 is 1.68 bits per heavy atom. The third-order valence-electron chi connectivity index (χ3n) is 6.13. The van der Waals surface area contributed by atoms with Crippen molar-refractivity contribution in [1.29, 1.82) is 0 Å². The van der Waals surface area contributed by atoms with E-state index in [-0.39, 0.29) is 30.0 Å². The molecule has 5 rings (SSSR count). The topological polar surface area (TPSA) is 69.7 Å². The predicted molar refractivity (Wildman–Crippen MR) is 136 cm³/mol. The highest BCUT2D eigenvalue weighted by Gasteiger charge is 2.61. The van der Waals surface area contributed by atoms with Gasteiger partial charge in [-0.05, 0) is 67.8 Å². The van der Waals surface area contributed by atoms with Gasteiger partial charge in [0.05, 0.1) is 11.4 Å². The van der Waals surface area contributed by atoms with E-state index in [1.54, 1.807) is 4.90 Å². The van der Waals surface area contributed by atoms with Crippen molar-refractivity contribution in [3.8, 4) is 0 Å². The summed E-state index contributed by atoms with van der Waals surface area (Å²) >= 11 is 1.31. The van der Waals surface area contributed by atoms with Crippen molar-refractivity contribution in [2.75, 3.05) is 27.4 Å². The maximum atomic E-state index is 14.0. The zero-order valence-electron chi connectivity index (χ0n) is 19.3. The van der Waals surface area contributed by atoms with Crippen LogP contribution in [0.3, 0.4) is 0 Å². The maximum absolute atomic E-state index is 14.0. The van der Waals surface area contributed by atoms with Crippen LogP contribution in [0, 0.1) is 20.8 Å². The first-order valence-electron chi connectivity index (χ1n) is 11.1. The molecule has 0 aliphatic carbocycles. The van der Waals surface area contributed by atoms with Crippen molar-refractivity contribution < 1.29 is 14.4 Å². The molecule has 1 saturated heterocycles. The standard InChI is InChI=1S/C27H25N3O3S/c1-17-7-6-8-21(14-17)30-25(32)16-34-27(30)22-9-4-5-10-23(22)29(26(27)33)15-24(31)28-20-12-18(2)11-19(3)13-20/h4-14H,15-16H2,1-3H3,(H,28,31)/t27-/m1/s1. The molecule has 1 atom stereocenters. The van der Waals surface area contributed by atoms with Crippen LogP contribution in [-0.2, 0) is 19.3 Å². The van der Waals surface area contributed by atoms with Gasteiger partial charge in [-0.15, -0.1) is 11.8 Å². The number of benzene rings is 3. The summed E-state index contributed by atoms with van der Waals surface area (Å²) in [6, 6.07) is 20.9. The summed E-state index contributed by atoms with van der Waals surface area (Å²) in [5.41, 5.74) is 5.86. The zero-order valence-corrected chi connectivity index (χ0v) is 20.1. The SMILES string of the molecule is Cc1cc(C)cc(NC(=O)CN2C(=O)[C@]3(SCC(=O)N3c3cccc(C)c3)c3ccccc32)c1. The Balaban J connectivity index is 1.51. The minimum absolute atomic E-state index is 0.125. The van der Waals surface area contributed by atoms with Crippen LogP contribution in [0.4, 0.5) is 17.1 Å². The second kappa shape index (κ2) is 8.33. The van der Waals surface area contributed by atoms with Gasteiger partial charge in [0.2, 0.25) is 16.7 Å². The number of hydrogen-bond acceptors (Lipinski definition) is 4. The lowest BCUT2D eigenvalue weighted by Gasteiger charge is -2.33. The van der Waals surface area contributed by atoms with Crippen molar-refractivity contribution in [2.45, 2.75) is 25.6 Å². The van der Waals surface area contributed by atoms with Gasteiger partial charge in [-0.3, -0.25) is 24.2 Å². The molecule has 172 valence electrons. The Kier molecular flexibility index (Phi) is 5.44. The fourth-order valence-corrected chi connectivity index (χ4v) is 6.23. The molecule has 2 heterocycles. The van der Waals surface area contributed by atoms with Crippen LogP contribution in [0.5, 0.6) is 0 Å². The highest BCUT2D eigenvalue weighted by Crippen LogP contribution is 2.55. The van der Waals surface area contributed by atoms with Gasteiger partial charge in [0, 0.05) is 16.9 Å². The Morgan fingerprint density at radius 1 is 0.941 bits per heavy atom. The highest BCUT2D eigenvalue weighted by atomic mass is 32.2. The van der Waals surface area contributed by atoms with Crippen molar-refractivity contribution in [3.05, 3.63) is 89.0 Å². The molecule has 0 unspecified atom stereocenters. The van der Waals surface area contributed by atoms with Crippen LogP contribution in [0.25, 0.3) is 0 Å². The fraction of sp³-hybridized carbons (Fsp3) is 0.222. The first-order chi connectivity index (χ1) is 16.3. The van der Waals surface area contributed by atoms with E-state index in [2.05, 4.69) is 5.32 Å². The predicted octanol–water partition coefficient (Wildman–Crippen LogP) is 4.53. The quantitative estimate of drug-likeness (QED) is 0.607. The third-order valence-corrected chi connectivity index (χ3v) is 7.52. The lowest BCUT2D eigenvalue weighted by Crippen LogP contribution is -2.50. The van der Waals surface area contributed by atoms with Crippen LogP contribution in [-0.4, -0.2) is 30.0 Å². The molecule has 0 aromatic heterocycles. The number of fused-ring (bicyclic) bond motifs is 2. The number of carbonyl (C=O) groups excluding carboxylic acids is 3. The average Bonchev–Trinajstić information content (AvgIpc) is 3.24. The van der Waals surface area contributed by atoms with Crippen LogP contribution in [0.2, 0.25) is 0 Å². The minimum atomic E-state index is -1.22. The molecule has 3 aromatic rings. The third kappa shape index (κ3) is 3.56. The van der Waals surface area contributed by atoms with Crippen LogP contribution < -0.4 is 15.1 Å². The molecule has 1 fully saturated rings. The molecular formula is C27H25N3O3S. The number of nitrogens with zero attached hydrogens (tertiary/aromatic N) is 2. The number of rotatable bonds is 4. The van der Waals surface area contributed by atoms with E-state index in [1.165, 1.54) is 16.7 Å². The van der Waals surface area contributed by atoms with Gasteiger partial charge in [-0.2, -0.15) is 0 Å². The summed E-state index contributed by atoms with van der Waals surface area (Å²) in [4.78, 5) is 42.0. The number of para-hydroxylation sites is 1. The van der Waals surface area contributed by atoms with Gasteiger partial charge >= 0.3 is 0 Å². The second-order valence-corrected chi connectivity index (χ2v) is 10.0. The molecular weight excluding hydrogens is 446 g/mol. The molecule has 2 aliphatic heterocycles. The van der Waals surface area contributed by atoms with E-state index < -0.39 is 4.87 Å². The van der Waals surface area contributed by atoms with Crippen LogP contribution in [0.1, 0.15) is 22.3 Å². The minimum Gasteiger partial charge on any atom is -0.325 e. The van der Waals surface area contributed by atoms with Gasteiger partial charge in [-0.25, -0.2) is 0 Å². The molecule has 1 N–H and O–H groups in total. The molecule has 6 nitrogen and oxygen atoms in total. The number of anilines is 3. The van der Waals surface area contributed by atoms with Crippen molar-refractivity contribution in [3.63, 3.8) is 0 Å². The lowest BCUT2D eigenvalue weighted by atomic mass is 10.0. The zero-order chi connectivity index (χ0) is 24.0. The summed E-state index contributed by atoms with van der Waals surface area (Å²) in [5.74, 6) is -0.500. The Hall–Kier alpha value is -3.58. The molecule has 7 heteroatoms. The summed E-state index contributed by atoms with van der Waals surface area (Å²) in [5, 5.41) is 2.92. The largest absolute Gasteiger partial charge is 0.325 e. The van der Waals surface area contributed by atoms with Crippen molar-refractivity contribution >= 4 is 46.5 Å². The molecule has 3 amide bonds. The van der Waals surface area contributed by atoms with Crippen LogP contribution >= 0.6 is 11.8 Å². The molecule has 0 bridgehead atoms. The monoisotopic (exact) mass is 471 g/mol. The fourth-order valence-electron chi connectivity index (χ4n) is 4.87. The van der Waals surface area contributed by atoms with E-state index >= 15 is 0 Å². The summed E-state index contributed by atoms with van der Waals surface area (Å²) in [7, 11) is 0. The Morgan fingerprint density at radius 3 is 2.41 bits per heavy atom. The number of carbonyl (C=O) groups is 3. The van der Waals surface area contributed by atoms with Gasteiger partial charge in [0.25, 0.3) is 5.91 Å². The smallest absolute Gasteiger partial charge is 0.269 e. The molecule has 3 aromatic carbocycles. The molecule has 0 saturated carbocycles. The maximum Gasteiger partial charge on any atom is 0.269 e. The van der Waals surface area contributed by atoms with Crippen molar-refractivity contribution in [1.82, 2.24) is 0 Å². The number of thioether (sulfide) groups is 1. The van der Waals surface area contributed by atoms with Gasteiger partial charge in [-0.1, -0.05) is 36.4 Å². The number of hydrogen-bond donors (Lipinski definition) is 1. The lowest BCUT2D eigenvalue weighted by molar-refractivity contribution is -0.124. The average molecular weight is 472 g/mol. The van der Waals surface area contributed by atoms with E-state index in [9.17, 15) is 14.4 Å². The number of aryl methyl sites for hydroxylation is 3. The highest BCUT2D eigenvalue weighted by molar-refractivity contribution is 8.02. The first-order valence-corrected chi connectivity index (χ1v) is 12.1. The molecule has 34 heavy (non-hydrogen) atoms. The van der Waals surface area contributed by atoms with Gasteiger partial charge < -0.3 is 5.32 Å². The van der Waals surface area contributed by atoms with E-state index in [1.807, 2.05) is 87.5 Å². The first kappa shape index (κ1) is 22.2. The number of amides is 3. The Labute approximate surface area is 202 Å². The molecule has 0 radical (unpaired) electrons. The van der Waals surface area contributed by atoms with Gasteiger partial charge in [0.15, 0.2) is 0 Å². The second-order valence-electron chi connectivity index (χ2n) is 8.83. The van der Waals surface area contributed by atoms with Gasteiger partial charge in [0.1, 0.15) is 6.54 Å². The molecule has 1 spiro atoms. The summed E-state index contributed by atoms with van der Waals surface area (Å²) in [6.45, 7) is 5.76.